The molecule has 0 aliphatic rings. The van der Waals surface area contributed by atoms with Crippen LogP contribution in [0, 0.1) is 5.82 Å². The molecule has 0 aliphatic heterocycles. The Hall–Kier alpha value is -2.66. The second kappa shape index (κ2) is 6.84. The normalized spacial score (nSPS) is 10.8. The monoisotopic (exact) mass is 343 g/mol. The van der Waals surface area contributed by atoms with Gasteiger partial charge in [-0.3, -0.25) is 4.79 Å². The second-order valence-corrected chi connectivity index (χ2v) is 5.63. The summed E-state index contributed by atoms with van der Waals surface area (Å²) in [7, 11) is 0. The van der Waals surface area contributed by atoms with E-state index in [1.54, 1.807) is 12.1 Å². The van der Waals surface area contributed by atoms with Gasteiger partial charge < -0.3 is 9.88 Å². The molecule has 24 heavy (non-hydrogen) atoms. The third kappa shape index (κ3) is 3.16. The summed E-state index contributed by atoms with van der Waals surface area (Å²) in [6.07, 6.45) is 1.20. The van der Waals surface area contributed by atoms with E-state index in [9.17, 15) is 9.18 Å². The van der Waals surface area contributed by atoms with E-state index in [0.29, 0.717) is 16.4 Å². The largest absolute Gasteiger partial charge is 0.345 e. The first-order chi connectivity index (χ1) is 11.6. The van der Waals surface area contributed by atoms with Crippen molar-refractivity contribution in [3.63, 3.8) is 0 Å². The Morgan fingerprint density at radius 1 is 1.29 bits per heavy atom. The molecule has 0 fully saturated rings. The molecular formula is C18H15ClFN3O. The Balaban J connectivity index is 2.04. The van der Waals surface area contributed by atoms with Crippen LogP contribution in [0.3, 0.4) is 0 Å². The van der Waals surface area contributed by atoms with Crippen LogP contribution in [0.5, 0.6) is 0 Å². The molecule has 0 radical (unpaired) electrons. The van der Waals surface area contributed by atoms with Gasteiger partial charge >= 0.3 is 0 Å². The van der Waals surface area contributed by atoms with Crippen molar-refractivity contribution in [2.75, 3.05) is 0 Å². The van der Waals surface area contributed by atoms with Gasteiger partial charge in [-0.15, -0.1) is 0 Å². The standard InChI is InChI=1S/C18H15ClFN3O/c1-2-18(24)21-10-17-22-15-8-3-4-9-16(15)23(17)11-12-13(19)6-5-7-14(12)20/h2-9H,1,10-11H2,(H,21,24). The summed E-state index contributed by atoms with van der Waals surface area (Å²) in [6.45, 7) is 3.86. The first-order valence-electron chi connectivity index (χ1n) is 7.37. The number of rotatable bonds is 5. The van der Waals surface area contributed by atoms with E-state index >= 15 is 0 Å². The highest BCUT2D eigenvalue weighted by atomic mass is 35.5. The van der Waals surface area contributed by atoms with Gasteiger partial charge in [0, 0.05) is 10.6 Å². The van der Waals surface area contributed by atoms with Gasteiger partial charge in [0.2, 0.25) is 5.91 Å². The van der Waals surface area contributed by atoms with E-state index in [0.717, 1.165) is 11.0 Å². The summed E-state index contributed by atoms with van der Waals surface area (Å²) in [5.74, 6) is -0.0513. The third-order valence-electron chi connectivity index (χ3n) is 3.72. The van der Waals surface area contributed by atoms with Gasteiger partial charge in [-0.2, -0.15) is 0 Å². The van der Waals surface area contributed by atoms with Gasteiger partial charge in [0.05, 0.1) is 24.1 Å². The molecule has 0 saturated carbocycles. The van der Waals surface area contributed by atoms with Crippen molar-refractivity contribution in [2.45, 2.75) is 13.1 Å². The molecule has 3 rings (SSSR count). The lowest BCUT2D eigenvalue weighted by Crippen LogP contribution is -2.22. The average molecular weight is 344 g/mol. The number of benzene rings is 2. The zero-order chi connectivity index (χ0) is 17.1. The van der Waals surface area contributed by atoms with Gasteiger partial charge in [-0.25, -0.2) is 9.37 Å². The van der Waals surface area contributed by atoms with Crippen LogP contribution in [0.15, 0.2) is 55.1 Å². The Labute approximate surface area is 143 Å². The van der Waals surface area contributed by atoms with E-state index in [4.69, 9.17) is 11.6 Å². The molecule has 6 heteroatoms. The van der Waals surface area contributed by atoms with Crippen molar-refractivity contribution in [3.05, 3.63) is 77.3 Å². The molecule has 1 N–H and O–H groups in total. The Morgan fingerprint density at radius 3 is 2.83 bits per heavy atom. The summed E-state index contributed by atoms with van der Waals surface area (Å²) in [5.41, 5.74) is 2.01. The van der Waals surface area contributed by atoms with Crippen LogP contribution in [0.1, 0.15) is 11.4 Å². The molecule has 0 saturated heterocycles. The van der Waals surface area contributed by atoms with E-state index in [-0.39, 0.29) is 24.8 Å². The lowest BCUT2D eigenvalue weighted by molar-refractivity contribution is -0.116. The molecule has 0 aliphatic carbocycles. The number of imidazole rings is 1. The van der Waals surface area contributed by atoms with Crippen LogP contribution in [-0.4, -0.2) is 15.5 Å². The van der Waals surface area contributed by atoms with Crippen LogP contribution in [0.2, 0.25) is 5.02 Å². The lowest BCUT2D eigenvalue weighted by Gasteiger charge is -2.12. The minimum absolute atomic E-state index is 0.214. The molecule has 0 unspecified atom stereocenters. The molecule has 4 nitrogen and oxygen atoms in total. The fraction of sp³-hybridized carbons (Fsp3) is 0.111. The summed E-state index contributed by atoms with van der Waals surface area (Å²) >= 11 is 6.14. The molecule has 1 heterocycles. The topological polar surface area (TPSA) is 46.9 Å². The molecule has 2 aromatic carbocycles. The number of fused-ring (bicyclic) bond motifs is 1. The predicted molar refractivity (Wildman–Crippen MR) is 92.3 cm³/mol. The minimum Gasteiger partial charge on any atom is -0.345 e. The number of hydrogen-bond acceptors (Lipinski definition) is 2. The molecule has 1 aromatic heterocycles. The average Bonchev–Trinajstić information content (AvgIpc) is 2.93. The highest BCUT2D eigenvalue weighted by Gasteiger charge is 2.15. The molecule has 0 spiro atoms. The summed E-state index contributed by atoms with van der Waals surface area (Å²) in [6, 6.07) is 12.1. The number of halogens is 2. The van der Waals surface area contributed by atoms with Crippen LogP contribution in [0.4, 0.5) is 4.39 Å². The molecule has 0 atom stereocenters. The number of carbonyl (C=O) groups is 1. The summed E-state index contributed by atoms with van der Waals surface area (Å²) < 4.78 is 16.0. The van der Waals surface area contributed by atoms with Crippen LogP contribution in [0.25, 0.3) is 11.0 Å². The van der Waals surface area contributed by atoms with Gasteiger partial charge in [-0.1, -0.05) is 36.4 Å². The molecule has 1 amide bonds. The third-order valence-corrected chi connectivity index (χ3v) is 4.07. The van der Waals surface area contributed by atoms with Crippen molar-refractivity contribution < 1.29 is 9.18 Å². The molecular weight excluding hydrogens is 329 g/mol. The number of carbonyl (C=O) groups excluding carboxylic acids is 1. The lowest BCUT2D eigenvalue weighted by atomic mass is 10.2. The van der Waals surface area contributed by atoms with Gasteiger partial charge in [-0.05, 0) is 30.3 Å². The van der Waals surface area contributed by atoms with E-state index in [1.165, 1.54) is 12.1 Å². The van der Waals surface area contributed by atoms with Gasteiger partial charge in [0.1, 0.15) is 11.6 Å². The highest BCUT2D eigenvalue weighted by Crippen LogP contribution is 2.24. The van der Waals surface area contributed by atoms with Crippen molar-refractivity contribution in [2.24, 2.45) is 0 Å². The first kappa shape index (κ1) is 16.2. The van der Waals surface area contributed by atoms with Crippen LogP contribution >= 0.6 is 11.6 Å². The number of nitrogens with one attached hydrogen (secondary N) is 1. The highest BCUT2D eigenvalue weighted by molar-refractivity contribution is 6.31. The Bertz CT molecular complexity index is 900. The van der Waals surface area contributed by atoms with E-state index < -0.39 is 0 Å². The Kier molecular flexibility index (Phi) is 4.62. The number of para-hydroxylation sites is 2. The van der Waals surface area contributed by atoms with Gasteiger partial charge in [0.25, 0.3) is 0 Å². The maximum atomic E-state index is 14.1. The van der Waals surface area contributed by atoms with Crippen LogP contribution < -0.4 is 5.32 Å². The second-order valence-electron chi connectivity index (χ2n) is 5.23. The summed E-state index contributed by atoms with van der Waals surface area (Å²) in [4.78, 5) is 16.0. The number of amides is 1. The van der Waals surface area contributed by atoms with Crippen LogP contribution in [-0.2, 0) is 17.9 Å². The fourth-order valence-electron chi connectivity index (χ4n) is 2.52. The van der Waals surface area contributed by atoms with E-state index in [2.05, 4.69) is 16.9 Å². The quantitative estimate of drug-likeness (QED) is 0.718. The molecule has 3 aromatic rings. The smallest absolute Gasteiger partial charge is 0.243 e. The number of nitrogens with zero attached hydrogens (tertiary/aromatic N) is 2. The SMILES string of the molecule is C=CC(=O)NCc1nc2ccccc2n1Cc1c(F)cccc1Cl. The zero-order valence-electron chi connectivity index (χ0n) is 12.8. The molecule has 122 valence electrons. The Morgan fingerprint density at radius 2 is 2.08 bits per heavy atom. The van der Waals surface area contributed by atoms with Gasteiger partial charge in [0.15, 0.2) is 0 Å². The predicted octanol–water partition coefficient (Wildman–Crippen LogP) is 3.68. The first-order valence-corrected chi connectivity index (χ1v) is 7.75. The fourth-order valence-corrected chi connectivity index (χ4v) is 2.74. The maximum absolute atomic E-state index is 14.1. The van der Waals surface area contributed by atoms with Crippen molar-refractivity contribution >= 4 is 28.5 Å². The summed E-state index contributed by atoms with van der Waals surface area (Å²) in [5, 5.41) is 3.05. The van der Waals surface area contributed by atoms with Crippen molar-refractivity contribution in [3.8, 4) is 0 Å². The van der Waals surface area contributed by atoms with E-state index in [1.807, 2.05) is 28.8 Å². The number of aromatic nitrogens is 2. The maximum Gasteiger partial charge on any atom is 0.243 e. The molecule has 0 bridgehead atoms. The zero-order valence-corrected chi connectivity index (χ0v) is 13.6. The number of hydrogen-bond donors (Lipinski definition) is 1. The minimum atomic E-state index is -0.374. The van der Waals surface area contributed by atoms with Crippen molar-refractivity contribution in [1.29, 1.82) is 0 Å². The van der Waals surface area contributed by atoms with Crippen molar-refractivity contribution in [1.82, 2.24) is 14.9 Å².